The van der Waals surface area contributed by atoms with Gasteiger partial charge in [-0.2, -0.15) is 0 Å². The van der Waals surface area contributed by atoms with Crippen LogP contribution in [-0.4, -0.2) is 20.6 Å². The van der Waals surface area contributed by atoms with Crippen molar-refractivity contribution in [2.45, 2.75) is 13.5 Å². The van der Waals surface area contributed by atoms with Crippen molar-refractivity contribution in [3.8, 4) is 11.4 Å². The van der Waals surface area contributed by atoms with Crippen molar-refractivity contribution in [1.82, 2.24) is 9.55 Å². The number of ether oxygens (including phenoxy) is 1. The number of H-pyrrole nitrogens is 1. The number of hydrogen-bond donors (Lipinski definition) is 2. The highest BCUT2D eigenvalue weighted by Crippen LogP contribution is 2.24. The fourth-order valence-electron chi connectivity index (χ4n) is 3.17. The highest BCUT2D eigenvalue weighted by molar-refractivity contribution is 7.13. The van der Waals surface area contributed by atoms with Crippen molar-refractivity contribution >= 4 is 28.2 Å². The van der Waals surface area contributed by atoms with Crippen molar-refractivity contribution in [3.63, 3.8) is 0 Å². The summed E-state index contributed by atoms with van der Waals surface area (Å²) >= 11 is 0.742. The number of aromatic carboxylic acids is 1. The average molecular weight is 462 g/mol. The summed E-state index contributed by atoms with van der Waals surface area (Å²) in [4.78, 5) is 38.8. The minimum atomic E-state index is -1.37. The Labute approximate surface area is 181 Å². The Morgan fingerprint density at radius 2 is 1.88 bits per heavy atom. The van der Waals surface area contributed by atoms with Gasteiger partial charge < -0.3 is 14.8 Å². The molecule has 0 amide bonds. The Morgan fingerprint density at radius 3 is 2.59 bits per heavy atom. The zero-order valence-electron chi connectivity index (χ0n) is 16.2. The van der Waals surface area contributed by atoms with Gasteiger partial charge in [-0.1, -0.05) is 6.07 Å². The number of aryl methyl sites for hydroxylation is 1. The summed E-state index contributed by atoms with van der Waals surface area (Å²) in [6.07, 6.45) is 0. The molecule has 0 aliphatic carbocycles. The van der Waals surface area contributed by atoms with Crippen molar-refractivity contribution < 1.29 is 27.8 Å². The van der Waals surface area contributed by atoms with Gasteiger partial charge in [0.15, 0.2) is 0 Å². The van der Waals surface area contributed by atoms with Crippen LogP contribution in [0.2, 0.25) is 0 Å². The van der Waals surface area contributed by atoms with Gasteiger partial charge in [0, 0.05) is 11.4 Å². The van der Waals surface area contributed by atoms with Gasteiger partial charge in [-0.25, -0.2) is 27.3 Å². The van der Waals surface area contributed by atoms with Gasteiger partial charge >= 0.3 is 11.7 Å². The highest BCUT2D eigenvalue weighted by atomic mass is 32.1. The minimum absolute atomic E-state index is 0.0110. The normalized spacial score (nSPS) is 11.1. The summed E-state index contributed by atoms with van der Waals surface area (Å²) in [6.45, 7) is 0.932. The topological polar surface area (TPSA) is 101 Å². The van der Waals surface area contributed by atoms with Crippen LogP contribution >= 0.6 is 11.3 Å². The lowest BCUT2D eigenvalue weighted by Crippen LogP contribution is -2.34. The Hall–Kier alpha value is -3.86. The molecule has 32 heavy (non-hydrogen) atoms. The zero-order valence-corrected chi connectivity index (χ0v) is 17.1. The van der Waals surface area contributed by atoms with Gasteiger partial charge in [-0.15, -0.1) is 11.3 Å². The van der Waals surface area contributed by atoms with Gasteiger partial charge in [0.05, 0.1) is 22.2 Å². The minimum Gasteiger partial charge on any atom is -0.489 e. The lowest BCUT2D eigenvalue weighted by Gasteiger charge is -2.12. The first-order valence-corrected chi connectivity index (χ1v) is 9.93. The molecule has 0 radical (unpaired) electrons. The largest absolute Gasteiger partial charge is 0.489 e. The third kappa shape index (κ3) is 3.56. The first-order chi connectivity index (χ1) is 15.2. The van der Waals surface area contributed by atoms with Gasteiger partial charge in [0.2, 0.25) is 0 Å². The molecular weight excluding hydrogens is 449 g/mol. The quantitative estimate of drug-likeness (QED) is 0.471. The maximum atomic E-state index is 14.5. The summed E-state index contributed by atoms with van der Waals surface area (Å²) in [5.41, 5.74) is -2.66. The smallest absolute Gasteiger partial charge is 0.346 e. The molecule has 0 aliphatic rings. The number of nitrogens with zero attached hydrogens (tertiary/aromatic N) is 1. The second-order valence-electron chi connectivity index (χ2n) is 6.79. The van der Waals surface area contributed by atoms with E-state index in [1.54, 1.807) is 0 Å². The van der Waals surface area contributed by atoms with E-state index in [0.717, 1.165) is 35.6 Å². The number of rotatable bonds is 5. The molecule has 2 aromatic heterocycles. The van der Waals surface area contributed by atoms with Crippen LogP contribution in [0.5, 0.6) is 5.75 Å². The number of carboxylic acids is 1. The van der Waals surface area contributed by atoms with Gasteiger partial charge in [-0.3, -0.25) is 4.79 Å². The van der Waals surface area contributed by atoms with Crippen molar-refractivity contribution in [3.05, 3.63) is 90.0 Å². The molecule has 2 heterocycles. The van der Waals surface area contributed by atoms with Crippen LogP contribution in [0.3, 0.4) is 0 Å². The van der Waals surface area contributed by atoms with Crippen LogP contribution in [0.15, 0.2) is 45.3 Å². The molecule has 0 saturated heterocycles. The second kappa shape index (κ2) is 8.00. The number of fused-ring (bicyclic) bond motifs is 1. The molecule has 0 bridgehead atoms. The lowest BCUT2D eigenvalue weighted by atomic mass is 10.1. The van der Waals surface area contributed by atoms with E-state index in [-0.39, 0.29) is 32.7 Å². The number of aromatic amines is 1. The molecule has 0 unspecified atom stereocenters. The first-order valence-electron chi connectivity index (χ1n) is 9.05. The fraction of sp³-hybridized carbons (Fsp3) is 0.0952. The fourth-order valence-corrected chi connectivity index (χ4v) is 4.00. The summed E-state index contributed by atoms with van der Waals surface area (Å²) in [5, 5.41) is 10.3. The molecule has 0 spiro atoms. The third-order valence-electron chi connectivity index (χ3n) is 4.77. The molecule has 164 valence electrons. The van der Waals surface area contributed by atoms with E-state index in [1.165, 1.54) is 18.4 Å². The predicted octanol–water partition coefficient (Wildman–Crippen LogP) is 3.74. The van der Waals surface area contributed by atoms with Crippen LogP contribution < -0.4 is 16.0 Å². The Balaban J connectivity index is 1.79. The molecule has 7 nitrogen and oxygen atoms in total. The molecule has 0 saturated carbocycles. The number of halogens is 3. The number of aromatic nitrogens is 2. The monoisotopic (exact) mass is 462 g/mol. The average Bonchev–Trinajstić information content (AvgIpc) is 3.17. The summed E-state index contributed by atoms with van der Waals surface area (Å²) in [6, 6.07) is 5.44. The van der Waals surface area contributed by atoms with Crippen LogP contribution in [-0.2, 0) is 6.61 Å². The molecule has 0 atom stereocenters. The number of carboxylic acid groups (broad SMARTS) is 1. The number of benzene rings is 2. The predicted molar refractivity (Wildman–Crippen MR) is 110 cm³/mol. The van der Waals surface area contributed by atoms with E-state index in [1.807, 2.05) is 0 Å². The van der Waals surface area contributed by atoms with E-state index in [0.29, 0.717) is 4.57 Å². The Bertz CT molecular complexity index is 1510. The standard InChI is InChI=1S/C21H13F3N2O5S/c1-9-2-4-12(22)11(17(9)24)7-31-10-3-5-13(23)15(6-10)26-19(27)16-14(25-21(26)30)8-32-18(16)20(28)29/h2-6,8H,7H2,1H3,(H,25,30)(H,28,29). The van der Waals surface area contributed by atoms with Gasteiger partial charge in [0.25, 0.3) is 5.56 Å². The van der Waals surface area contributed by atoms with Crippen molar-refractivity contribution in [2.75, 3.05) is 0 Å². The van der Waals surface area contributed by atoms with Gasteiger partial charge in [0.1, 0.15) is 34.7 Å². The van der Waals surface area contributed by atoms with E-state index < -0.39 is 47.0 Å². The van der Waals surface area contributed by atoms with Crippen molar-refractivity contribution in [1.29, 1.82) is 0 Å². The summed E-state index contributed by atoms with van der Waals surface area (Å²) < 4.78 is 48.5. The molecule has 4 aromatic rings. The molecule has 11 heteroatoms. The number of thiophene rings is 1. The Morgan fingerprint density at radius 1 is 1.16 bits per heavy atom. The van der Waals surface area contributed by atoms with Crippen LogP contribution in [0, 0.1) is 24.4 Å². The van der Waals surface area contributed by atoms with Crippen LogP contribution in [0.25, 0.3) is 16.6 Å². The summed E-state index contributed by atoms with van der Waals surface area (Å²) in [7, 11) is 0. The van der Waals surface area contributed by atoms with E-state index in [4.69, 9.17) is 4.74 Å². The second-order valence-corrected chi connectivity index (χ2v) is 7.67. The van der Waals surface area contributed by atoms with E-state index in [2.05, 4.69) is 4.98 Å². The van der Waals surface area contributed by atoms with E-state index >= 15 is 0 Å². The molecule has 0 aliphatic heterocycles. The Kier molecular flexibility index (Phi) is 5.35. The molecule has 2 aromatic carbocycles. The van der Waals surface area contributed by atoms with Crippen LogP contribution in [0.4, 0.5) is 13.2 Å². The number of carbonyl (C=O) groups is 1. The highest BCUT2D eigenvalue weighted by Gasteiger charge is 2.21. The molecular formula is C21H13F3N2O5S. The SMILES string of the molecule is Cc1ccc(F)c(COc2ccc(F)c(-n3c(=O)[nH]c4csc(C(=O)O)c4c3=O)c2)c1F. The number of hydrogen-bond acceptors (Lipinski definition) is 5. The van der Waals surface area contributed by atoms with Gasteiger partial charge in [-0.05, 0) is 30.7 Å². The van der Waals surface area contributed by atoms with Crippen LogP contribution in [0.1, 0.15) is 20.8 Å². The maximum Gasteiger partial charge on any atom is 0.346 e. The number of nitrogens with one attached hydrogen (secondary N) is 1. The van der Waals surface area contributed by atoms with Crippen molar-refractivity contribution in [2.24, 2.45) is 0 Å². The molecule has 4 rings (SSSR count). The lowest BCUT2D eigenvalue weighted by molar-refractivity contribution is 0.0704. The maximum absolute atomic E-state index is 14.5. The summed E-state index contributed by atoms with van der Waals surface area (Å²) in [5.74, 6) is -4.03. The zero-order chi connectivity index (χ0) is 23.2. The third-order valence-corrected chi connectivity index (χ3v) is 5.74. The molecule has 0 fully saturated rings. The van der Waals surface area contributed by atoms with E-state index in [9.17, 15) is 32.7 Å². The first kappa shape index (κ1) is 21.4. The molecule has 2 N–H and O–H groups in total.